The van der Waals surface area contributed by atoms with Gasteiger partial charge in [-0.25, -0.2) is 0 Å². The van der Waals surface area contributed by atoms with Crippen LogP contribution in [0, 0.1) is 17.2 Å². The molecule has 0 radical (unpaired) electrons. The largest absolute Gasteiger partial charge is 0.387 e. The molecule has 0 bridgehead atoms. The summed E-state index contributed by atoms with van der Waals surface area (Å²) in [6, 6.07) is 2.22. The van der Waals surface area contributed by atoms with E-state index in [2.05, 4.69) is 17.5 Å². The van der Waals surface area contributed by atoms with Crippen LogP contribution in [0.25, 0.3) is 0 Å². The fourth-order valence-electron chi connectivity index (χ4n) is 0.857. The molecule has 48 valence electrons. The normalized spacial score (nSPS) is 25.8. The second kappa shape index (κ2) is 2.54. The van der Waals surface area contributed by atoms with Gasteiger partial charge in [0, 0.05) is 12.2 Å². The van der Waals surface area contributed by atoms with E-state index in [1.54, 1.807) is 0 Å². The Morgan fingerprint density at radius 3 is 3.11 bits per heavy atom. The molecule has 0 aromatic carbocycles. The fourth-order valence-corrected chi connectivity index (χ4v) is 0.857. The molecule has 0 aromatic rings. The van der Waals surface area contributed by atoms with E-state index in [0.29, 0.717) is 0 Å². The minimum atomic E-state index is 0.189. The summed E-state index contributed by atoms with van der Waals surface area (Å²) in [7, 11) is 0. The second-order valence-corrected chi connectivity index (χ2v) is 2.33. The van der Waals surface area contributed by atoms with Crippen molar-refractivity contribution >= 4 is 0 Å². The molecule has 2 heteroatoms. The zero-order chi connectivity index (χ0) is 6.69. The van der Waals surface area contributed by atoms with E-state index in [1.807, 2.05) is 6.92 Å². The number of hydrogen-bond acceptors (Lipinski definition) is 2. The van der Waals surface area contributed by atoms with Crippen molar-refractivity contribution in [3.05, 3.63) is 11.8 Å². The number of nitriles is 1. The van der Waals surface area contributed by atoms with Gasteiger partial charge in [0.2, 0.25) is 0 Å². The molecule has 1 rings (SSSR count). The molecular formula is C7H10N2. The van der Waals surface area contributed by atoms with E-state index >= 15 is 0 Å². The minimum Gasteiger partial charge on any atom is -0.387 e. The molecule has 0 spiro atoms. The lowest BCUT2D eigenvalue weighted by molar-refractivity contribution is 0.583. The third-order valence-corrected chi connectivity index (χ3v) is 1.52. The highest BCUT2D eigenvalue weighted by Gasteiger charge is 2.08. The molecule has 0 aliphatic carbocycles. The van der Waals surface area contributed by atoms with E-state index in [9.17, 15) is 0 Å². The number of nitrogens with zero attached hydrogens (tertiary/aromatic N) is 1. The summed E-state index contributed by atoms with van der Waals surface area (Å²) >= 11 is 0. The van der Waals surface area contributed by atoms with Gasteiger partial charge in [-0.1, -0.05) is 6.08 Å². The summed E-state index contributed by atoms with van der Waals surface area (Å²) in [5.74, 6) is 0.189. The maximum Gasteiger partial charge on any atom is 0.0677 e. The van der Waals surface area contributed by atoms with Gasteiger partial charge in [-0.3, -0.25) is 0 Å². The zero-order valence-electron chi connectivity index (χ0n) is 5.52. The van der Waals surface area contributed by atoms with E-state index in [4.69, 9.17) is 5.26 Å². The maximum absolute atomic E-state index is 8.46. The highest BCUT2D eigenvalue weighted by molar-refractivity contribution is 5.05. The Bertz CT molecular complexity index is 164. The maximum atomic E-state index is 8.46. The molecular weight excluding hydrogens is 112 g/mol. The number of nitrogens with one attached hydrogen (secondary N) is 1. The van der Waals surface area contributed by atoms with Crippen LogP contribution >= 0.6 is 0 Å². The van der Waals surface area contributed by atoms with Crippen LogP contribution in [-0.4, -0.2) is 6.54 Å². The monoisotopic (exact) mass is 122 g/mol. The van der Waals surface area contributed by atoms with Gasteiger partial charge < -0.3 is 5.32 Å². The highest BCUT2D eigenvalue weighted by Crippen LogP contribution is 2.08. The summed E-state index contributed by atoms with van der Waals surface area (Å²) < 4.78 is 0. The SMILES string of the molecule is CC1=CCC(C#N)CN1. The molecule has 1 aliphatic rings. The summed E-state index contributed by atoms with van der Waals surface area (Å²) in [4.78, 5) is 0. The molecule has 1 unspecified atom stereocenters. The Kier molecular flexibility index (Phi) is 1.74. The van der Waals surface area contributed by atoms with Crippen LogP contribution in [0.4, 0.5) is 0 Å². The second-order valence-electron chi connectivity index (χ2n) is 2.33. The summed E-state index contributed by atoms with van der Waals surface area (Å²) in [5, 5.41) is 11.6. The number of rotatable bonds is 0. The Morgan fingerprint density at radius 2 is 2.67 bits per heavy atom. The standard InChI is InChI=1S/C7H10N2/c1-6-2-3-7(4-8)5-9-6/h2,7,9H,3,5H2,1H3. The van der Waals surface area contributed by atoms with Crippen LogP contribution in [0.15, 0.2) is 11.8 Å². The lowest BCUT2D eigenvalue weighted by Crippen LogP contribution is -2.24. The Hall–Kier alpha value is -0.970. The summed E-state index contributed by atoms with van der Waals surface area (Å²) in [5.41, 5.74) is 1.20. The van der Waals surface area contributed by atoms with Crippen molar-refractivity contribution in [2.24, 2.45) is 5.92 Å². The van der Waals surface area contributed by atoms with Gasteiger partial charge in [-0.05, 0) is 13.3 Å². The van der Waals surface area contributed by atoms with E-state index in [-0.39, 0.29) is 5.92 Å². The Morgan fingerprint density at radius 1 is 1.89 bits per heavy atom. The fraction of sp³-hybridized carbons (Fsp3) is 0.571. The molecule has 1 heterocycles. The molecule has 0 fully saturated rings. The van der Waals surface area contributed by atoms with Crippen molar-refractivity contribution in [2.75, 3.05) is 6.54 Å². The predicted octanol–water partition coefficient (Wildman–Crippen LogP) is 1.02. The van der Waals surface area contributed by atoms with Gasteiger partial charge in [0.25, 0.3) is 0 Å². The van der Waals surface area contributed by atoms with Crippen LogP contribution in [0.1, 0.15) is 13.3 Å². The third kappa shape index (κ3) is 1.46. The Labute approximate surface area is 55.2 Å². The molecule has 1 atom stereocenters. The third-order valence-electron chi connectivity index (χ3n) is 1.52. The molecule has 0 saturated heterocycles. The molecule has 0 aromatic heterocycles. The van der Waals surface area contributed by atoms with E-state index in [0.717, 1.165) is 13.0 Å². The predicted molar refractivity (Wildman–Crippen MR) is 35.5 cm³/mol. The highest BCUT2D eigenvalue weighted by atomic mass is 14.9. The van der Waals surface area contributed by atoms with Gasteiger partial charge in [0.05, 0.1) is 12.0 Å². The molecule has 1 aliphatic heterocycles. The quantitative estimate of drug-likeness (QED) is 0.520. The number of hydrogen-bond donors (Lipinski definition) is 1. The van der Waals surface area contributed by atoms with Crippen molar-refractivity contribution in [3.63, 3.8) is 0 Å². The van der Waals surface area contributed by atoms with Gasteiger partial charge in [0.1, 0.15) is 0 Å². The first kappa shape index (κ1) is 6.15. The van der Waals surface area contributed by atoms with Crippen molar-refractivity contribution in [1.82, 2.24) is 5.32 Å². The van der Waals surface area contributed by atoms with Crippen LogP contribution in [0.3, 0.4) is 0 Å². The van der Waals surface area contributed by atoms with Crippen molar-refractivity contribution < 1.29 is 0 Å². The van der Waals surface area contributed by atoms with Crippen molar-refractivity contribution in [1.29, 1.82) is 5.26 Å². The van der Waals surface area contributed by atoms with Crippen LogP contribution in [0.5, 0.6) is 0 Å². The molecule has 1 N–H and O–H groups in total. The Balaban J connectivity index is 2.48. The van der Waals surface area contributed by atoms with E-state index < -0.39 is 0 Å². The molecule has 0 saturated carbocycles. The summed E-state index contributed by atoms with van der Waals surface area (Å²) in [6.07, 6.45) is 2.98. The first-order valence-corrected chi connectivity index (χ1v) is 3.13. The van der Waals surface area contributed by atoms with Gasteiger partial charge in [-0.15, -0.1) is 0 Å². The molecule has 0 amide bonds. The van der Waals surface area contributed by atoms with Gasteiger partial charge in [0.15, 0.2) is 0 Å². The number of allylic oxidation sites excluding steroid dienone is 2. The smallest absolute Gasteiger partial charge is 0.0677 e. The van der Waals surface area contributed by atoms with Gasteiger partial charge >= 0.3 is 0 Å². The van der Waals surface area contributed by atoms with Crippen LogP contribution < -0.4 is 5.32 Å². The molecule has 2 nitrogen and oxygen atoms in total. The topological polar surface area (TPSA) is 35.8 Å². The van der Waals surface area contributed by atoms with Crippen LogP contribution in [-0.2, 0) is 0 Å². The van der Waals surface area contributed by atoms with E-state index in [1.165, 1.54) is 5.70 Å². The lowest BCUT2D eigenvalue weighted by atomic mass is 10.0. The first-order valence-electron chi connectivity index (χ1n) is 3.13. The minimum absolute atomic E-state index is 0.189. The summed E-state index contributed by atoms with van der Waals surface area (Å²) in [6.45, 7) is 2.84. The zero-order valence-corrected chi connectivity index (χ0v) is 5.52. The van der Waals surface area contributed by atoms with Crippen molar-refractivity contribution in [3.8, 4) is 6.07 Å². The lowest BCUT2D eigenvalue weighted by Gasteiger charge is -2.15. The van der Waals surface area contributed by atoms with Gasteiger partial charge in [-0.2, -0.15) is 5.26 Å². The molecule has 9 heavy (non-hydrogen) atoms. The first-order chi connectivity index (χ1) is 4.33. The average molecular weight is 122 g/mol. The average Bonchev–Trinajstić information content (AvgIpc) is 1.90. The van der Waals surface area contributed by atoms with Crippen molar-refractivity contribution in [2.45, 2.75) is 13.3 Å². The van der Waals surface area contributed by atoms with Crippen LogP contribution in [0.2, 0.25) is 0 Å².